The normalized spacial score (nSPS) is 11.8. The standard InChI is InChI=1S/C52H32N6/c1-5-15-33(16-6-1)51-53-29-37(30-54-51)41-27-35-19-13-26-44-45(35)47-48-46-36(20-14-25-43(46)57(49(41)47)39-21-9-3-10-22-39)28-42(50(48)58(44)40-23-11-4-12-24-40)38-31-55-52(56-32-38)34-17-7-2-8-18-34/h1-32H. The van der Waals surface area contributed by atoms with Gasteiger partial charge in [-0.25, -0.2) is 19.9 Å². The fraction of sp³-hybridized carbons (Fsp3) is 0. The van der Waals surface area contributed by atoms with Crippen LogP contribution in [0.3, 0.4) is 0 Å². The topological polar surface area (TPSA) is 61.4 Å². The number of rotatable bonds is 6. The molecule has 0 bridgehead atoms. The first-order valence-electron chi connectivity index (χ1n) is 19.5. The van der Waals surface area contributed by atoms with E-state index in [0.717, 1.165) is 77.6 Å². The second-order valence-corrected chi connectivity index (χ2v) is 14.7. The van der Waals surface area contributed by atoms with E-state index in [2.05, 4.69) is 118 Å². The SMILES string of the molecule is c1ccc(-c2ncc(-c3cc4cccc5c4c4c3n(-c3ccccc3)c3cccc6cc(-c7cnc(-c8ccccc8)nc7)c(c-4c63)n5-c3ccccc3)cn2)cc1. The highest BCUT2D eigenvalue weighted by Gasteiger charge is 2.31. The van der Waals surface area contributed by atoms with Crippen molar-refractivity contribution in [1.29, 1.82) is 0 Å². The van der Waals surface area contributed by atoms with Crippen LogP contribution in [0.15, 0.2) is 195 Å². The van der Waals surface area contributed by atoms with Crippen LogP contribution in [-0.2, 0) is 0 Å². The number of para-hydroxylation sites is 2. The summed E-state index contributed by atoms with van der Waals surface area (Å²) in [5.74, 6) is 1.40. The summed E-state index contributed by atoms with van der Waals surface area (Å²) in [6.45, 7) is 0. The van der Waals surface area contributed by atoms with Crippen molar-refractivity contribution in [1.82, 2.24) is 29.1 Å². The van der Waals surface area contributed by atoms with E-state index in [0.29, 0.717) is 11.6 Å². The molecule has 0 amide bonds. The molecule has 2 aliphatic rings. The average Bonchev–Trinajstić information content (AvgIpc) is 3.31. The maximum absolute atomic E-state index is 4.95. The molecule has 0 saturated carbocycles. The summed E-state index contributed by atoms with van der Waals surface area (Å²) in [6, 6.07) is 59.7. The van der Waals surface area contributed by atoms with Gasteiger partial charge in [-0.1, -0.05) is 121 Å². The predicted octanol–water partition coefficient (Wildman–Crippen LogP) is 12.7. The van der Waals surface area contributed by atoms with Gasteiger partial charge in [-0.05, 0) is 59.3 Å². The van der Waals surface area contributed by atoms with Gasteiger partial charge in [0.1, 0.15) is 0 Å². The fourth-order valence-corrected chi connectivity index (χ4v) is 8.96. The van der Waals surface area contributed by atoms with Gasteiger partial charge in [-0.3, -0.25) is 0 Å². The van der Waals surface area contributed by atoms with Crippen molar-refractivity contribution in [2.45, 2.75) is 0 Å². The van der Waals surface area contributed by atoms with Crippen LogP contribution in [0.1, 0.15) is 0 Å². The summed E-state index contributed by atoms with van der Waals surface area (Å²) in [7, 11) is 0. The van der Waals surface area contributed by atoms with E-state index < -0.39 is 0 Å². The number of pyridine rings is 2. The molecule has 10 aromatic rings. The first-order valence-corrected chi connectivity index (χ1v) is 19.5. The average molecular weight is 741 g/mol. The van der Waals surface area contributed by atoms with E-state index in [4.69, 9.17) is 19.9 Å². The Hall–Kier alpha value is -7.96. The molecule has 0 atom stereocenters. The molecule has 2 aliphatic heterocycles. The third kappa shape index (κ3) is 4.85. The van der Waals surface area contributed by atoms with Gasteiger partial charge in [0.05, 0.1) is 22.1 Å². The molecule has 0 saturated heterocycles. The minimum Gasteiger partial charge on any atom is -0.309 e. The van der Waals surface area contributed by atoms with Crippen LogP contribution in [0, 0.1) is 0 Å². The highest BCUT2D eigenvalue weighted by atomic mass is 15.0. The summed E-state index contributed by atoms with van der Waals surface area (Å²) in [5, 5.41) is 4.69. The molecule has 0 N–H and O–H groups in total. The Morgan fingerprint density at radius 1 is 0.328 bits per heavy atom. The summed E-state index contributed by atoms with van der Waals surface area (Å²) in [5.41, 5.74) is 15.0. The molecule has 0 aliphatic carbocycles. The van der Waals surface area contributed by atoms with Crippen molar-refractivity contribution in [3.05, 3.63) is 195 Å². The summed E-state index contributed by atoms with van der Waals surface area (Å²) in [6.07, 6.45) is 7.91. The second kappa shape index (κ2) is 12.8. The molecule has 8 aromatic carbocycles. The maximum Gasteiger partial charge on any atom is 0.159 e. The van der Waals surface area contributed by atoms with Crippen molar-refractivity contribution in [2.24, 2.45) is 0 Å². The molecule has 2 aromatic heterocycles. The fourth-order valence-electron chi connectivity index (χ4n) is 8.96. The number of nitrogens with zero attached hydrogens (tertiary/aromatic N) is 6. The molecule has 6 heteroatoms. The Labute approximate surface area is 333 Å². The van der Waals surface area contributed by atoms with Crippen LogP contribution in [0.4, 0.5) is 0 Å². The van der Waals surface area contributed by atoms with Gasteiger partial charge >= 0.3 is 0 Å². The Balaban J connectivity index is 1.26. The zero-order chi connectivity index (χ0) is 38.2. The van der Waals surface area contributed by atoms with Crippen LogP contribution >= 0.6 is 0 Å². The van der Waals surface area contributed by atoms with Crippen LogP contribution in [0.25, 0.3) is 111 Å². The van der Waals surface area contributed by atoms with Gasteiger partial charge in [-0.2, -0.15) is 0 Å². The lowest BCUT2D eigenvalue weighted by Gasteiger charge is -2.31. The van der Waals surface area contributed by atoms with Crippen molar-refractivity contribution in [3.63, 3.8) is 0 Å². The Morgan fingerprint density at radius 3 is 1.07 bits per heavy atom. The monoisotopic (exact) mass is 740 g/mol. The van der Waals surface area contributed by atoms with Gasteiger partial charge in [0.15, 0.2) is 11.6 Å². The number of hydrogen-bond acceptors (Lipinski definition) is 4. The van der Waals surface area contributed by atoms with Crippen LogP contribution < -0.4 is 0 Å². The summed E-state index contributed by atoms with van der Waals surface area (Å²) < 4.78 is 4.89. The van der Waals surface area contributed by atoms with E-state index in [1.54, 1.807) is 0 Å². The van der Waals surface area contributed by atoms with E-state index in [1.165, 1.54) is 21.9 Å². The smallest absolute Gasteiger partial charge is 0.159 e. The number of benzene rings is 8. The van der Waals surface area contributed by atoms with Crippen LogP contribution in [-0.4, -0.2) is 29.1 Å². The molecular formula is C52H32N6. The molecule has 58 heavy (non-hydrogen) atoms. The highest BCUT2D eigenvalue weighted by molar-refractivity contribution is 6.30. The van der Waals surface area contributed by atoms with E-state index in [9.17, 15) is 0 Å². The predicted molar refractivity (Wildman–Crippen MR) is 236 cm³/mol. The Bertz CT molecular complexity index is 3160. The third-order valence-corrected chi connectivity index (χ3v) is 11.4. The van der Waals surface area contributed by atoms with Gasteiger partial charge in [0.25, 0.3) is 0 Å². The van der Waals surface area contributed by atoms with Gasteiger partial charge < -0.3 is 9.13 Å². The minimum atomic E-state index is 0.698. The molecule has 270 valence electrons. The summed E-state index contributed by atoms with van der Waals surface area (Å²) in [4.78, 5) is 19.8. The van der Waals surface area contributed by atoms with Gasteiger partial charge in [0, 0.05) is 91.4 Å². The Kier molecular flexibility index (Phi) is 7.13. The molecule has 4 heterocycles. The lowest BCUT2D eigenvalue weighted by atomic mass is 9.82. The Morgan fingerprint density at radius 2 is 0.690 bits per heavy atom. The van der Waals surface area contributed by atoms with Crippen LogP contribution in [0.5, 0.6) is 0 Å². The van der Waals surface area contributed by atoms with Crippen LogP contribution in [0.2, 0.25) is 0 Å². The van der Waals surface area contributed by atoms with Gasteiger partial charge in [-0.15, -0.1) is 0 Å². The molecule has 0 fully saturated rings. The van der Waals surface area contributed by atoms with Gasteiger partial charge in [0.2, 0.25) is 0 Å². The first kappa shape index (κ1) is 32.3. The van der Waals surface area contributed by atoms with Crippen molar-refractivity contribution in [3.8, 4) is 67.5 Å². The second-order valence-electron chi connectivity index (χ2n) is 14.7. The molecule has 0 radical (unpaired) electrons. The quantitative estimate of drug-likeness (QED) is 0.126. The zero-order valence-corrected chi connectivity index (χ0v) is 31.2. The van der Waals surface area contributed by atoms with Crippen molar-refractivity contribution >= 4 is 43.6 Å². The zero-order valence-electron chi connectivity index (χ0n) is 31.2. The minimum absolute atomic E-state index is 0.698. The maximum atomic E-state index is 4.95. The van der Waals surface area contributed by atoms with E-state index in [1.807, 2.05) is 85.5 Å². The molecule has 0 spiro atoms. The lowest BCUT2D eigenvalue weighted by Crippen LogP contribution is -2.12. The molecule has 0 unspecified atom stereocenters. The summed E-state index contributed by atoms with van der Waals surface area (Å²) >= 11 is 0. The lowest BCUT2D eigenvalue weighted by molar-refractivity contribution is 1.13. The molecule has 6 nitrogen and oxygen atoms in total. The molecule has 12 rings (SSSR count). The third-order valence-electron chi connectivity index (χ3n) is 11.4. The van der Waals surface area contributed by atoms with E-state index in [-0.39, 0.29) is 0 Å². The first-order chi connectivity index (χ1) is 28.8. The van der Waals surface area contributed by atoms with Crippen molar-refractivity contribution < 1.29 is 0 Å². The number of aromatic nitrogens is 6. The van der Waals surface area contributed by atoms with E-state index >= 15 is 0 Å². The van der Waals surface area contributed by atoms with Crippen molar-refractivity contribution in [2.75, 3.05) is 0 Å². The number of hydrogen-bond donors (Lipinski definition) is 0. The molecular weight excluding hydrogens is 709 g/mol. The highest BCUT2D eigenvalue weighted by Crippen LogP contribution is 2.54. The largest absolute Gasteiger partial charge is 0.309 e.